The topological polar surface area (TPSA) is 80.0 Å². The number of halogens is 3. The number of aliphatic hydroxyl groups is 1. The van der Waals surface area contributed by atoms with Crippen LogP contribution in [0.5, 0.6) is 5.75 Å². The van der Waals surface area contributed by atoms with Gasteiger partial charge in [0.1, 0.15) is 11.9 Å². The van der Waals surface area contributed by atoms with E-state index in [9.17, 15) is 19.0 Å². The fourth-order valence-electron chi connectivity index (χ4n) is 4.20. The molecule has 0 radical (unpaired) electrons. The molecule has 0 saturated carbocycles. The Bertz CT molecular complexity index is 1160. The van der Waals surface area contributed by atoms with Crippen molar-refractivity contribution in [1.82, 2.24) is 4.98 Å². The number of fused-ring (bicyclic) bond motifs is 1. The zero-order chi connectivity index (χ0) is 23.1. The fraction of sp³-hybridized carbons (Fsp3) is 0.375. The standard InChI is InChI=1S/C24H25F3N2O2/c1-13-5-6-20(30)18(7-13)24(4,22(26)27)21(25)23(3,31)11-16-10-17-14(2)8-15(12-28)9-19(17)29-16/h5-10,21-22,29-31H,11H2,1-4H3. The summed E-state index contributed by atoms with van der Waals surface area (Å²) in [5, 5.41) is 31.1. The molecule has 0 aliphatic heterocycles. The van der Waals surface area contributed by atoms with E-state index in [1.54, 1.807) is 31.2 Å². The first-order valence-electron chi connectivity index (χ1n) is 9.87. The van der Waals surface area contributed by atoms with Crippen molar-refractivity contribution in [3.05, 3.63) is 64.3 Å². The smallest absolute Gasteiger partial charge is 0.250 e. The number of hydrogen-bond donors (Lipinski definition) is 3. The lowest BCUT2D eigenvalue weighted by atomic mass is 9.71. The Morgan fingerprint density at radius 3 is 2.39 bits per heavy atom. The highest BCUT2D eigenvalue weighted by Crippen LogP contribution is 2.45. The zero-order valence-electron chi connectivity index (χ0n) is 17.8. The van der Waals surface area contributed by atoms with E-state index in [1.807, 2.05) is 6.92 Å². The number of alkyl halides is 3. The maximum absolute atomic E-state index is 15.7. The van der Waals surface area contributed by atoms with Crippen LogP contribution < -0.4 is 0 Å². The number of aromatic amines is 1. The molecule has 3 aromatic rings. The molecule has 31 heavy (non-hydrogen) atoms. The van der Waals surface area contributed by atoms with Gasteiger partial charge in [-0.05, 0) is 57.5 Å². The average molecular weight is 430 g/mol. The molecule has 0 saturated heterocycles. The SMILES string of the molecule is Cc1ccc(O)c(C(C)(C(F)F)C(F)C(C)(O)Cc2cc3c(C)cc(C#N)cc3[nH]2)c1. The van der Waals surface area contributed by atoms with Crippen LogP contribution in [-0.4, -0.2) is 33.4 Å². The van der Waals surface area contributed by atoms with E-state index in [2.05, 4.69) is 11.1 Å². The first kappa shape index (κ1) is 22.7. The van der Waals surface area contributed by atoms with Gasteiger partial charge in [-0.15, -0.1) is 0 Å². The molecule has 0 bridgehead atoms. The third-order valence-electron chi connectivity index (χ3n) is 5.94. The van der Waals surface area contributed by atoms with Gasteiger partial charge < -0.3 is 15.2 Å². The van der Waals surface area contributed by atoms with Crippen LogP contribution in [0.2, 0.25) is 0 Å². The van der Waals surface area contributed by atoms with Crippen LogP contribution in [0.1, 0.15) is 41.8 Å². The Morgan fingerprint density at radius 1 is 1.10 bits per heavy atom. The number of aromatic nitrogens is 1. The summed E-state index contributed by atoms with van der Waals surface area (Å²) < 4.78 is 44.1. The molecule has 3 N–H and O–H groups in total. The summed E-state index contributed by atoms with van der Waals surface area (Å²) in [6.45, 7) is 5.66. The van der Waals surface area contributed by atoms with Crippen LogP contribution in [0, 0.1) is 25.2 Å². The van der Waals surface area contributed by atoms with Gasteiger partial charge in [0.05, 0.1) is 22.6 Å². The highest BCUT2D eigenvalue weighted by Gasteiger charge is 2.54. The van der Waals surface area contributed by atoms with Crippen LogP contribution in [0.4, 0.5) is 13.2 Å². The summed E-state index contributed by atoms with van der Waals surface area (Å²) >= 11 is 0. The van der Waals surface area contributed by atoms with Gasteiger partial charge in [0.25, 0.3) is 6.43 Å². The fourth-order valence-corrected chi connectivity index (χ4v) is 4.20. The molecule has 2 aromatic carbocycles. The van der Waals surface area contributed by atoms with E-state index >= 15 is 4.39 Å². The second-order valence-electron chi connectivity index (χ2n) is 8.66. The molecule has 3 atom stereocenters. The summed E-state index contributed by atoms with van der Waals surface area (Å²) in [5.41, 5.74) is -1.89. The molecule has 0 fully saturated rings. The second-order valence-corrected chi connectivity index (χ2v) is 8.66. The Hall–Kier alpha value is -2.98. The van der Waals surface area contributed by atoms with Gasteiger partial charge in [0, 0.05) is 28.6 Å². The lowest BCUT2D eigenvalue weighted by Gasteiger charge is -2.40. The molecule has 3 unspecified atom stereocenters. The largest absolute Gasteiger partial charge is 0.508 e. The Balaban J connectivity index is 2.01. The Kier molecular flexibility index (Phi) is 5.81. The van der Waals surface area contributed by atoms with Crippen LogP contribution in [0.15, 0.2) is 36.4 Å². The summed E-state index contributed by atoms with van der Waals surface area (Å²) in [4.78, 5) is 3.05. The maximum Gasteiger partial charge on any atom is 0.250 e. The number of rotatable bonds is 6. The summed E-state index contributed by atoms with van der Waals surface area (Å²) in [6.07, 6.45) is -5.83. The van der Waals surface area contributed by atoms with Crippen molar-refractivity contribution >= 4 is 10.9 Å². The minimum atomic E-state index is -3.18. The van der Waals surface area contributed by atoms with Crippen molar-refractivity contribution in [1.29, 1.82) is 5.26 Å². The number of phenolic OH excluding ortho intramolecular Hbond substituents is 1. The molecule has 7 heteroatoms. The number of nitrogens with zero attached hydrogens (tertiary/aromatic N) is 1. The predicted molar refractivity (Wildman–Crippen MR) is 113 cm³/mol. The molecular weight excluding hydrogens is 405 g/mol. The summed E-state index contributed by atoms with van der Waals surface area (Å²) in [5.74, 6) is -0.447. The minimum Gasteiger partial charge on any atom is -0.508 e. The lowest BCUT2D eigenvalue weighted by molar-refractivity contribution is -0.0947. The molecular formula is C24H25F3N2O2. The zero-order valence-corrected chi connectivity index (χ0v) is 17.8. The van der Waals surface area contributed by atoms with Gasteiger partial charge in [-0.25, -0.2) is 13.2 Å². The number of phenols is 1. The van der Waals surface area contributed by atoms with Crippen molar-refractivity contribution in [3.8, 4) is 11.8 Å². The molecule has 0 spiro atoms. The average Bonchev–Trinajstić information content (AvgIpc) is 3.10. The molecule has 1 aromatic heterocycles. The first-order chi connectivity index (χ1) is 14.4. The number of nitriles is 1. The lowest BCUT2D eigenvalue weighted by Crippen LogP contribution is -2.54. The van der Waals surface area contributed by atoms with Crippen molar-refractivity contribution in [2.75, 3.05) is 0 Å². The third kappa shape index (κ3) is 4.00. The van der Waals surface area contributed by atoms with Crippen LogP contribution >= 0.6 is 0 Å². The van der Waals surface area contributed by atoms with E-state index in [-0.39, 0.29) is 12.0 Å². The number of nitrogens with one attached hydrogen (secondary N) is 1. The molecule has 3 rings (SSSR count). The van der Waals surface area contributed by atoms with Gasteiger partial charge in [0.2, 0.25) is 0 Å². The van der Waals surface area contributed by atoms with Crippen LogP contribution in [0.3, 0.4) is 0 Å². The molecule has 0 aliphatic rings. The second kappa shape index (κ2) is 7.93. The van der Waals surface area contributed by atoms with Gasteiger partial charge in [-0.1, -0.05) is 17.7 Å². The van der Waals surface area contributed by atoms with Crippen LogP contribution in [-0.2, 0) is 11.8 Å². The summed E-state index contributed by atoms with van der Waals surface area (Å²) in [7, 11) is 0. The number of benzene rings is 2. The van der Waals surface area contributed by atoms with Gasteiger partial charge in [-0.2, -0.15) is 5.26 Å². The normalized spacial score (nSPS) is 16.6. The van der Waals surface area contributed by atoms with E-state index in [0.717, 1.165) is 17.9 Å². The molecule has 164 valence electrons. The summed E-state index contributed by atoms with van der Waals surface area (Å²) in [6, 6.07) is 11.2. The molecule has 4 nitrogen and oxygen atoms in total. The predicted octanol–water partition coefficient (Wildman–Crippen LogP) is 5.22. The van der Waals surface area contributed by atoms with Crippen molar-refractivity contribution in [3.63, 3.8) is 0 Å². The number of hydrogen-bond acceptors (Lipinski definition) is 3. The minimum absolute atomic E-state index is 0.249. The van der Waals surface area contributed by atoms with Crippen molar-refractivity contribution in [2.24, 2.45) is 0 Å². The Labute approximate surface area is 179 Å². The van der Waals surface area contributed by atoms with E-state index < -0.39 is 29.4 Å². The maximum atomic E-state index is 15.7. The molecule has 1 heterocycles. The van der Waals surface area contributed by atoms with Gasteiger partial charge in [-0.3, -0.25) is 0 Å². The van der Waals surface area contributed by atoms with E-state index in [4.69, 9.17) is 5.26 Å². The number of H-pyrrole nitrogens is 1. The first-order valence-corrected chi connectivity index (χ1v) is 9.87. The monoisotopic (exact) mass is 430 g/mol. The third-order valence-corrected chi connectivity index (χ3v) is 5.94. The van der Waals surface area contributed by atoms with Crippen molar-refractivity contribution < 1.29 is 23.4 Å². The highest BCUT2D eigenvalue weighted by molar-refractivity contribution is 5.85. The van der Waals surface area contributed by atoms with Gasteiger partial charge >= 0.3 is 0 Å². The highest BCUT2D eigenvalue weighted by atomic mass is 19.3. The molecule has 0 aliphatic carbocycles. The van der Waals surface area contributed by atoms with E-state index in [1.165, 1.54) is 19.1 Å². The Morgan fingerprint density at radius 2 is 1.77 bits per heavy atom. The number of aromatic hydroxyl groups is 1. The van der Waals surface area contributed by atoms with Crippen molar-refractivity contribution in [2.45, 2.75) is 57.7 Å². The van der Waals surface area contributed by atoms with Crippen LogP contribution in [0.25, 0.3) is 10.9 Å². The number of aryl methyl sites for hydroxylation is 2. The molecule has 0 amide bonds. The quantitative estimate of drug-likeness (QED) is 0.502. The van der Waals surface area contributed by atoms with E-state index in [0.29, 0.717) is 22.3 Å². The van der Waals surface area contributed by atoms with Gasteiger partial charge in [0.15, 0.2) is 0 Å².